The van der Waals surface area contributed by atoms with E-state index in [1.165, 1.54) is 19.1 Å². The summed E-state index contributed by atoms with van der Waals surface area (Å²) >= 11 is 0. The van der Waals surface area contributed by atoms with Crippen LogP contribution < -0.4 is 15.4 Å². The Hall–Kier alpha value is -3.72. The van der Waals surface area contributed by atoms with Crippen molar-refractivity contribution in [3.8, 4) is 5.75 Å². The first-order valence-electron chi connectivity index (χ1n) is 15.0. The van der Waals surface area contributed by atoms with Crippen LogP contribution in [-0.2, 0) is 16.1 Å². The molecule has 1 saturated heterocycles. The molecule has 4 atom stereocenters. The fourth-order valence-electron chi connectivity index (χ4n) is 6.46. The number of nitrogens with zero attached hydrogens (tertiary/aromatic N) is 2. The van der Waals surface area contributed by atoms with Gasteiger partial charge in [0.05, 0.1) is 18.6 Å². The van der Waals surface area contributed by atoms with Crippen molar-refractivity contribution in [1.29, 1.82) is 0 Å². The summed E-state index contributed by atoms with van der Waals surface area (Å²) in [6.07, 6.45) is 7.09. The Morgan fingerprint density at radius 1 is 1.07 bits per heavy atom. The van der Waals surface area contributed by atoms with Crippen molar-refractivity contribution < 1.29 is 23.5 Å². The van der Waals surface area contributed by atoms with Crippen molar-refractivity contribution >= 4 is 28.5 Å². The average Bonchev–Trinajstić information content (AvgIpc) is 3.56. The summed E-state index contributed by atoms with van der Waals surface area (Å²) in [4.78, 5) is 41.8. The molecule has 1 aliphatic carbocycles. The number of aromatic nitrogens is 1. The number of ketones is 1. The normalized spacial score (nSPS) is 20.8. The molecule has 2 heterocycles. The van der Waals surface area contributed by atoms with E-state index >= 15 is 0 Å². The highest BCUT2D eigenvalue weighted by atomic mass is 19.1. The minimum Gasteiger partial charge on any atom is -0.489 e. The number of nitrogens with one attached hydrogen (secondary N) is 2. The number of para-hydroxylation sites is 1. The van der Waals surface area contributed by atoms with Crippen molar-refractivity contribution in [2.24, 2.45) is 5.92 Å². The summed E-state index contributed by atoms with van der Waals surface area (Å²) in [5.41, 5.74) is 1.19. The molecule has 9 heteroatoms. The number of amides is 2. The molecule has 1 aliphatic heterocycles. The van der Waals surface area contributed by atoms with Gasteiger partial charge >= 0.3 is 0 Å². The molecule has 5 rings (SSSR count). The second-order valence-corrected chi connectivity index (χ2v) is 11.7. The summed E-state index contributed by atoms with van der Waals surface area (Å²) in [5, 5.41) is 6.63. The molecular formula is C33H41FN4O4. The Labute approximate surface area is 246 Å². The maximum atomic E-state index is 14.4. The highest BCUT2D eigenvalue weighted by Gasteiger charge is 2.42. The lowest BCUT2D eigenvalue weighted by Crippen LogP contribution is -2.57. The molecule has 0 radical (unpaired) electrons. The smallest absolute Gasteiger partial charge is 0.245 e. The van der Waals surface area contributed by atoms with E-state index in [1.54, 1.807) is 26.2 Å². The first-order valence-corrected chi connectivity index (χ1v) is 15.0. The van der Waals surface area contributed by atoms with Gasteiger partial charge in [-0.15, -0.1) is 0 Å². The highest BCUT2D eigenvalue weighted by Crippen LogP contribution is 2.32. The quantitative estimate of drug-likeness (QED) is 0.341. The maximum Gasteiger partial charge on any atom is 0.245 e. The SMILES string of the molecule is CN[C@@H](C)C(=O)N[C@H](C(=O)N1C[C@@H](Oc2ccccc2)C[C@H]1Cn1cc(C(C)=O)c2cc(F)ccc21)C1CCCCC1. The Morgan fingerprint density at radius 2 is 1.81 bits per heavy atom. The van der Waals surface area contributed by atoms with Crippen molar-refractivity contribution in [2.75, 3.05) is 13.6 Å². The van der Waals surface area contributed by atoms with Gasteiger partial charge in [-0.3, -0.25) is 14.4 Å². The molecule has 224 valence electrons. The molecule has 0 bridgehead atoms. The predicted octanol–water partition coefficient (Wildman–Crippen LogP) is 4.70. The van der Waals surface area contributed by atoms with Gasteiger partial charge in [0.2, 0.25) is 11.8 Å². The average molecular weight is 577 g/mol. The van der Waals surface area contributed by atoms with Gasteiger partial charge in [-0.25, -0.2) is 4.39 Å². The van der Waals surface area contributed by atoms with Crippen LogP contribution in [0.3, 0.4) is 0 Å². The maximum absolute atomic E-state index is 14.4. The molecule has 2 fully saturated rings. The number of carbonyl (C=O) groups excluding carboxylic acids is 3. The van der Waals surface area contributed by atoms with E-state index in [1.807, 2.05) is 39.8 Å². The number of likely N-dealkylation sites (tertiary alicyclic amines) is 1. The monoisotopic (exact) mass is 576 g/mol. The van der Waals surface area contributed by atoms with E-state index in [2.05, 4.69) is 10.6 Å². The predicted molar refractivity (Wildman–Crippen MR) is 160 cm³/mol. The second kappa shape index (κ2) is 13.1. The zero-order valence-electron chi connectivity index (χ0n) is 24.6. The lowest BCUT2D eigenvalue weighted by Gasteiger charge is -2.35. The summed E-state index contributed by atoms with van der Waals surface area (Å²) < 4.78 is 22.4. The van der Waals surface area contributed by atoms with Crippen molar-refractivity contribution in [3.63, 3.8) is 0 Å². The lowest BCUT2D eigenvalue weighted by molar-refractivity contribution is -0.139. The first-order chi connectivity index (χ1) is 20.2. The number of hydrogen-bond acceptors (Lipinski definition) is 5. The van der Waals surface area contributed by atoms with Crippen LogP contribution in [-0.4, -0.2) is 64.9 Å². The molecular weight excluding hydrogens is 535 g/mol. The standard InChI is InChI=1S/C33H41FN4O4/c1-21(35-3)32(40)36-31(23-10-6-4-7-11-23)33(41)38-19-27(42-26-12-8-5-9-13-26)17-25(38)18-37-20-29(22(2)39)28-16-24(34)14-15-30(28)37/h5,8-9,12-16,20-21,23,25,27,31,35H,4,6-7,10-11,17-19H2,1-3H3,(H,36,40)/t21-,25-,27-,31-/m0/s1. The molecule has 2 aliphatic rings. The van der Waals surface area contributed by atoms with E-state index in [0.717, 1.165) is 43.4 Å². The third-order valence-electron chi connectivity index (χ3n) is 8.85. The molecule has 2 aromatic carbocycles. The third kappa shape index (κ3) is 6.51. The van der Waals surface area contributed by atoms with Gasteiger partial charge in [-0.1, -0.05) is 37.5 Å². The number of likely N-dealkylation sites (N-methyl/N-ethyl adjacent to an activating group) is 1. The van der Waals surface area contributed by atoms with E-state index in [-0.39, 0.29) is 35.7 Å². The molecule has 3 aromatic rings. The number of Topliss-reactive ketones (excluding diaryl/α,β-unsaturated/α-hetero) is 1. The van der Waals surface area contributed by atoms with Crippen LogP contribution >= 0.6 is 0 Å². The van der Waals surface area contributed by atoms with Crippen LogP contribution in [0.5, 0.6) is 5.75 Å². The lowest BCUT2D eigenvalue weighted by atomic mass is 9.83. The fourth-order valence-corrected chi connectivity index (χ4v) is 6.46. The van der Waals surface area contributed by atoms with Crippen LogP contribution in [0, 0.1) is 11.7 Å². The van der Waals surface area contributed by atoms with Gasteiger partial charge in [0, 0.05) is 35.6 Å². The van der Waals surface area contributed by atoms with Crippen LogP contribution in [0.1, 0.15) is 62.7 Å². The Kier molecular flexibility index (Phi) is 9.26. The van der Waals surface area contributed by atoms with Gasteiger partial charge in [0.15, 0.2) is 5.78 Å². The minimum absolute atomic E-state index is 0.0636. The number of fused-ring (bicyclic) bond motifs is 1. The number of carbonyl (C=O) groups is 3. The van der Waals surface area contributed by atoms with Crippen LogP contribution in [0.4, 0.5) is 4.39 Å². The second-order valence-electron chi connectivity index (χ2n) is 11.7. The number of benzene rings is 2. The van der Waals surface area contributed by atoms with E-state index in [9.17, 15) is 18.8 Å². The van der Waals surface area contributed by atoms with Gasteiger partial charge in [-0.05, 0) is 70.0 Å². The molecule has 1 saturated carbocycles. The highest BCUT2D eigenvalue weighted by molar-refractivity contribution is 6.07. The van der Waals surface area contributed by atoms with Crippen molar-refractivity contribution in [3.05, 3.63) is 66.1 Å². The van der Waals surface area contributed by atoms with Crippen molar-refractivity contribution in [1.82, 2.24) is 20.1 Å². The molecule has 0 unspecified atom stereocenters. The van der Waals surface area contributed by atoms with E-state index in [0.29, 0.717) is 30.5 Å². The van der Waals surface area contributed by atoms with Gasteiger partial charge in [0.1, 0.15) is 23.7 Å². The molecule has 0 spiro atoms. The number of rotatable bonds is 10. The Balaban J connectivity index is 1.47. The van der Waals surface area contributed by atoms with Crippen LogP contribution in [0.15, 0.2) is 54.7 Å². The Bertz CT molecular complexity index is 1420. The summed E-state index contributed by atoms with van der Waals surface area (Å²) in [6.45, 7) is 4.05. The third-order valence-corrected chi connectivity index (χ3v) is 8.85. The van der Waals surface area contributed by atoms with Gasteiger partial charge in [-0.2, -0.15) is 0 Å². The summed E-state index contributed by atoms with van der Waals surface area (Å²) in [5.74, 6) is -0.0490. The van der Waals surface area contributed by atoms with Gasteiger partial charge in [0.25, 0.3) is 0 Å². The number of hydrogen-bond donors (Lipinski definition) is 2. The van der Waals surface area contributed by atoms with Crippen LogP contribution in [0.25, 0.3) is 10.9 Å². The van der Waals surface area contributed by atoms with Crippen molar-refractivity contribution in [2.45, 2.75) is 83.1 Å². The molecule has 2 amide bonds. The largest absolute Gasteiger partial charge is 0.489 e. The van der Waals surface area contributed by atoms with Gasteiger partial charge < -0.3 is 24.8 Å². The molecule has 2 N–H and O–H groups in total. The van der Waals surface area contributed by atoms with Crippen LogP contribution in [0.2, 0.25) is 0 Å². The summed E-state index contributed by atoms with van der Waals surface area (Å²) in [6, 6.07) is 12.7. The number of halogens is 1. The molecule has 8 nitrogen and oxygen atoms in total. The van der Waals surface area contributed by atoms with E-state index < -0.39 is 17.9 Å². The zero-order chi connectivity index (χ0) is 29.8. The molecule has 1 aromatic heterocycles. The van der Waals surface area contributed by atoms with E-state index in [4.69, 9.17) is 4.74 Å². The topological polar surface area (TPSA) is 92.7 Å². The molecule has 42 heavy (non-hydrogen) atoms. The Morgan fingerprint density at radius 3 is 2.50 bits per heavy atom. The zero-order valence-corrected chi connectivity index (χ0v) is 24.6. The summed E-state index contributed by atoms with van der Waals surface area (Å²) in [7, 11) is 1.73. The fraction of sp³-hybridized carbons (Fsp3) is 0.485. The first kappa shape index (κ1) is 29.8. The minimum atomic E-state index is -0.630. The number of ether oxygens (including phenoxy) is 1.